The van der Waals surface area contributed by atoms with E-state index in [1.54, 1.807) is 18.4 Å². The highest BCUT2D eigenvalue weighted by molar-refractivity contribution is 7.09. The summed E-state index contributed by atoms with van der Waals surface area (Å²) in [6.07, 6.45) is 2.99. The predicted octanol–water partition coefficient (Wildman–Crippen LogP) is 3.62. The van der Waals surface area contributed by atoms with Crippen LogP contribution >= 0.6 is 11.3 Å². The number of nitrogens with zero attached hydrogens (tertiary/aromatic N) is 1. The number of nitrogens with one attached hydrogen (secondary N) is 1. The molecule has 1 aromatic carbocycles. The smallest absolute Gasteiger partial charge is 0.0929 e. The minimum Gasteiger partial charge on any atom is -0.385 e. The first-order valence-corrected chi connectivity index (χ1v) is 8.42. The van der Waals surface area contributed by atoms with E-state index in [1.165, 1.54) is 16.3 Å². The highest BCUT2D eigenvalue weighted by Crippen LogP contribution is 2.20. The molecule has 0 saturated carbocycles. The van der Waals surface area contributed by atoms with E-state index < -0.39 is 0 Å². The van der Waals surface area contributed by atoms with Crippen LogP contribution in [0.5, 0.6) is 0 Å². The second-order valence-electron chi connectivity index (χ2n) is 5.05. The molecule has 0 aliphatic carbocycles. The van der Waals surface area contributed by atoms with Gasteiger partial charge in [-0.05, 0) is 18.5 Å². The zero-order valence-corrected chi connectivity index (χ0v) is 13.7. The van der Waals surface area contributed by atoms with E-state index >= 15 is 0 Å². The summed E-state index contributed by atoms with van der Waals surface area (Å²) in [4.78, 5) is 4.75. The first kappa shape index (κ1) is 16.1. The monoisotopic (exact) mass is 304 g/mol. The molecule has 0 saturated heterocycles. The highest BCUT2D eigenvalue weighted by Gasteiger charge is 2.13. The van der Waals surface area contributed by atoms with Gasteiger partial charge < -0.3 is 10.1 Å². The van der Waals surface area contributed by atoms with Gasteiger partial charge in [0.1, 0.15) is 0 Å². The fraction of sp³-hybridized carbons (Fsp3) is 0.471. The first-order chi connectivity index (χ1) is 10.3. The molecule has 3 nitrogen and oxygen atoms in total. The number of ether oxygens (including phenoxy) is 1. The largest absolute Gasteiger partial charge is 0.385 e. The molecule has 2 rings (SSSR count). The summed E-state index contributed by atoms with van der Waals surface area (Å²) < 4.78 is 5.09. The van der Waals surface area contributed by atoms with Crippen LogP contribution < -0.4 is 5.32 Å². The third kappa shape index (κ3) is 5.23. The van der Waals surface area contributed by atoms with Gasteiger partial charge in [-0.2, -0.15) is 0 Å². The molecule has 1 N–H and O–H groups in total. The second-order valence-corrected chi connectivity index (χ2v) is 6.00. The Morgan fingerprint density at radius 3 is 2.81 bits per heavy atom. The second kappa shape index (κ2) is 8.93. The number of benzene rings is 1. The van der Waals surface area contributed by atoms with E-state index in [-0.39, 0.29) is 0 Å². The molecule has 114 valence electrons. The minimum absolute atomic E-state index is 0.338. The molecule has 0 spiro atoms. The number of methoxy groups -OCH3 is 1. The predicted molar refractivity (Wildman–Crippen MR) is 88.9 cm³/mol. The Kier molecular flexibility index (Phi) is 6.86. The summed E-state index contributed by atoms with van der Waals surface area (Å²) in [6, 6.07) is 10.9. The molecule has 0 radical (unpaired) electrons. The van der Waals surface area contributed by atoms with Crippen molar-refractivity contribution in [2.24, 2.45) is 0 Å². The van der Waals surface area contributed by atoms with Crippen molar-refractivity contribution in [3.63, 3.8) is 0 Å². The average Bonchev–Trinajstić information content (AvgIpc) is 2.96. The topological polar surface area (TPSA) is 34.1 Å². The number of aryl methyl sites for hydroxylation is 1. The average molecular weight is 304 g/mol. The van der Waals surface area contributed by atoms with Crippen LogP contribution in [0.2, 0.25) is 0 Å². The van der Waals surface area contributed by atoms with E-state index in [0.717, 1.165) is 32.4 Å². The van der Waals surface area contributed by atoms with Gasteiger partial charge in [0, 0.05) is 38.0 Å². The van der Waals surface area contributed by atoms with Gasteiger partial charge in [0.15, 0.2) is 0 Å². The Labute approximate surface area is 131 Å². The summed E-state index contributed by atoms with van der Waals surface area (Å²) in [6.45, 7) is 3.91. The number of thiazole rings is 1. The van der Waals surface area contributed by atoms with Gasteiger partial charge in [-0.15, -0.1) is 11.3 Å². The molecule has 1 heterocycles. The van der Waals surface area contributed by atoms with E-state index in [4.69, 9.17) is 9.72 Å². The Morgan fingerprint density at radius 1 is 1.29 bits per heavy atom. The maximum Gasteiger partial charge on any atom is 0.0929 e. The molecule has 4 heteroatoms. The van der Waals surface area contributed by atoms with Crippen molar-refractivity contribution in [1.29, 1.82) is 0 Å². The van der Waals surface area contributed by atoms with E-state index in [0.29, 0.717) is 6.04 Å². The van der Waals surface area contributed by atoms with Crippen LogP contribution in [0.3, 0.4) is 0 Å². The Balaban J connectivity index is 1.97. The standard InChI is InChI=1S/C17H24N2OS/c1-3-18-16(14-8-5-4-6-9-14)12-15-13-21-17(19-15)10-7-11-20-2/h4-6,8-9,13,16,18H,3,7,10-12H2,1-2H3. The third-order valence-corrected chi connectivity index (χ3v) is 4.36. The number of aromatic nitrogens is 1. The zero-order chi connectivity index (χ0) is 14.9. The molecule has 1 unspecified atom stereocenters. The highest BCUT2D eigenvalue weighted by atomic mass is 32.1. The fourth-order valence-corrected chi connectivity index (χ4v) is 3.23. The molecule has 2 aromatic rings. The van der Waals surface area contributed by atoms with Crippen molar-refractivity contribution in [2.75, 3.05) is 20.3 Å². The van der Waals surface area contributed by atoms with Crippen molar-refractivity contribution in [3.05, 3.63) is 52.0 Å². The lowest BCUT2D eigenvalue weighted by Crippen LogP contribution is -2.23. The summed E-state index contributed by atoms with van der Waals surface area (Å²) in [5.41, 5.74) is 2.51. The molecular weight excluding hydrogens is 280 g/mol. The molecule has 0 bridgehead atoms. The van der Waals surface area contributed by atoms with Crippen molar-refractivity contribution in [1.82, 2.24) is 10.3 Å². The lowest BCUT2D eigenvalue weighted by molar-refractivity contribution is 0.195. The maximum atomic E-state index is 5.09. The number of likely N-dealkylation sites (N-methyl/N-ethyl adjacent to an activating group) is 1. The van der Waals surface area contributed by atoms with Gasteiger partial charge in [0.05, 0.1) is 10.7 Å². The van der Waals surface area contributed by atoms with Crippen molar-refractivity contribution in [3.8, 4) is 0 Å². The lowest BCUT2D eigenvalue weighted by Gasteiger charge is -2.17. The Bertz CT molecular complexity index is 513. The van der Waals surface area contributed by atoms with Crippen molar-refractivity contribution in [2.45, 2.75) is 32.2 Å². The normalized spacial score (nSPS) is 12.5. The van der Waals surface area contributed by atoms with Crippen LogP contribution in [0.15, 0.2) is 35.7 Å². The molecule has 0 fully saturated rings. The Hall–Kier alpha value is -1.23. The van der Waals surface area contributed by atoms with Crippen LogP contribution in [0.4, 0.5) is 0 Å². The number of hydrogen-bond donors (Lipinski definition) is 1. The van der Waals surface area contributed by atoms with Crippen molar-refractivity contribution < 1.29 is 4.74 Å². The summed E-state index contributed by atoms with van der Waals surface area (Å²) in [5, 5.41) is 6.96. The van der Waals surface area contributed by atoms with Crippen LogP contribution in [-0.4, -0.2) is 25.2 Å². The van der Waals surface area contributed by atoms with E-state index in [9.17, 15) is 0 Å². The van der Waals surface area contributed by atoms with Gasteiger partial charge in [-0.25, -0.2) is 4.98 Å². The van der Waals surface area contributed by atoms with Gasteiger partial charge in [-0.3, -0.25) is 0 Å². The van der Waals surface area contributed by atoms with Gasteiger partial charge in [-0.1, -0.05) is 37.3 Å². The Morgan fingerprint density at radius 2 is 2.10 bits per heavy atom. The summed E-state index contributed by atoms with van der Waals surface area (Å²) in [5.74, 6) is 0. The van der Waals surface area contributed by atoms with Gasteiger partial charge >= 0.3 is 0 Å². The quantitative estimate of drug-likeness (QED) is 0.719. The summed E-state index contributed by atoms with van der Waals surface area (Å²) in [7, 11) is 1.74. The molecule has 0 amide bonds. The SMILES string of the molecule is CCNC(Cc1csc(CCCOC)n1)c1ccccc1. The summed E-state index contributed by atoms with van der Waals surface area (Å²) >= 11 is 1.76. The van der Waals surface area contributed by atoms with Crippen LogP contribution in [0, 0.1) is 0 Å². The minimum atomic E-state index is 0.338. The first-order valence-electron chi connectivity index (χ1n) is 7.54. The fourth-order valence-electron chi connectivity index (χ4n) is 2.37. The van der Waals surface area contributed by atoms with E-state index in [1.807, 2.05) is 0 Å². The number of hydrogen-bond acceptors (Lipinski definition) is 4. The number of rotatable bonds is 9. The maximum absolute atomic E-state index is 5.09. The molecular formula is C17H24N2OS. The molecule has 1 aromatic heterocycles. The van der Waals surface area contributed by atoms with Crippen LogP contribution in [0.1, 0.15) is 35.7 Å². The van der Waals surface area contributed by atoms with Crippen molar-refractivity contribution >= 4 is 11.3 Å². The third-order valence-electron chi connectivity index (χ3n) is 3.40. The van der Waals surface area contributed by atoms with Gasteiger partial charge in [0.2, 0.25) is 0 Å². The zero-order valence-electron chi connectivity index (χ0n) is 12.8. The van der Waals surface area contributed by atoms with E-state index in [2.05, 4.69) is 48.0 Å². The molecule has 1 atom stereocenters. The molecule has 21 heavy (non-hydrogen) atoms. The molecule has 0 aliphatic rings. The van der Waals surface area contributed by atoms with Crippen LogP contribution in [0.25, 0.3) is 0 Å². The van der Waals surface area contributed by atoms with Crippen LogP contribution in [-0.2, 0) is 17.6 Å². The van der Waals surface area contributed by atoms with Gasteiger partial charge in [0.25, 0.3) is 0 Å². The lowest BCUT2D eigenvalue weighted by atomic mass is 10.0. The molecule has 0 aliphatic heterocycles.